The van der Waals surface area contributed by atoms with Crippen molar-refractivity contribution in [3.8, 4) is 0 Å². The average molecular weight is 300 g/mol. The first-order valence-corrected chi connectivity index (χ1v) is 7.83. The third kappa shape index (κ3) is 2.38. The Morgan fingerprint density at radius 2 is 2.32 bits per heavy atom. The Morgan fingerprint density at radius 3 is 3.09 bits per heavy atom. The fourth-order valence-corrected chi connectivity index (χ4v) is 3.46. The number of aromatic nitrogens is 2. The van der Waals surface area contributed by atoms with Gasteiger partial charge in [0.05, 0.1) is 23.7 Å². The number of primary amides is 1. The number of carbonyl (C=O) groups is 1. The molecule has 1 aromatic heterocycles. The average Bonchev–Trinajstić information content (AvgIpc) is 3.13. The number of amides is 1. The van der Waals surface area contributed by atoms with Gasteiger partial charge in [0.25, 0.3) is 0 Å². The predicted octanol–water partition coefficient (Wildman–Crippen LogP) is 1.13. The van der Waals surface area contributed by atoms with Gasteiger partial charge >= 0.3 is 0 Å². The number of ether oxygens (including phenoxy) is 1. The summed E-state index contributed by atoms with van der Waals surface area (Å²) < 4.78 is 7.97. The molecule has 0 spiro atoms. The molecular formula is C16H20N4O2. The molecule has 0 saturated carbocycles. The molecule has 22 heavy (non-hydrogen) atoms. The van der Waals surface area contributed by atoms with Crippen LogP contribution in [0.2, 0.25) is 0 Å². The van der Waals surface area contributed by atoms with Gasteiger partial charge in [0.15, 0.2) is 0 Å². The zero-order valence-corrected chi connectivity index (χ0v) is 12.5. The Morgan fingerprint density at radius 1 is 1.41 bits per heavy atom. The topological polar surface area (TPSA) is 73.4 Å². The zero-order valence-electron chi connectivity index (χ0n) is 12.5. The molecule has 6 heteroatoms. The first-order valence-electron chi connectivity index (χ1n) is 7.83. The van der Waals surface area contributed by atoms with Crippen molar-refractivity contribution in [2.45, 2.75) is 32.0 Å². The van der Waals surface area contributed by atoms with Crippen LogP contribution in [0.4, 0.5) is 0 Å². The van der Waals surface area contributed by atoms with Crippen molar-refractivity contribution in [1.82, 2.24) is 14.5 Å². The third-order valence-electron chi connectivity index (χ3n) is 4.60. The van der Waals surface area contributed by atoms with Crippen molar-refractivity contribution in [1.29, 1.82) is 0 Å². The maximum atomic E-state index is 11.3. The van der Waals surface area contributed by atoms with E-state index in [0.29, 0.717) is 11.7 Å². The Kier molecular flexibility index (Phi) is 3.35. The molecule has 1 atom stereocenters. The van der Waals surface area contributed by atoms with Crippen LogP contribution in [0.25, 0.3) is 11.0 Å². The van der Waals surface area contributed by atoms with Crippen molar-refractivity contribution in [3.05, 3.63) is 29.6 Å². The molecule has 116 valence electrons. The molecule has 3 heterocycles. The summed E-state index contributed by atoms with van der Waals surface area (Å²) in [7, 11) is 0. The molecule has 1 saturated heterocycles. The van der Waals surface area contributed by atoms with Crippen LogP contribution in [0.1, 0.15) is 29.0 Å². The van der Waals surface area contributed by atoms with Crippen LogP contribution >= 0.6 is 0 Å². The molecule has 6 nitrogen and oxygen atoms in total. The number of hydrogen-bond donors (Lipinski definition) is 1. The highest BCUT2D eigenvalue weighted by molar-refractivity contribution is 5.96. The lowest BCUT2D eigenvalue weighted by molar-refractivity contribution is 0.0636. The number of fused-ring (bicyclic) bond motifs is 3. The van der Waals surface area contributed by atoms with E-state index in [9.17, 15) is 4.79 Å². The minimum absolute atomic E-state index is 0.373. The third-order valence-corrected chi connectivity index (χ3v) is 4.60. The summed E-state index contributed by atoms with van der Waals surface area (Å²) in [5.74, 6) is 0.647. The van der Waals surface area contributed by atoms with Crippen LogP contribution in [-0.4, -0.2) is 46.2 Å². The number of nitrogens with zero attached hydrogens (tertiary/aromatic N) is 3. The quantitative estimate of drug-likeness (QED) is 0.922. The van der Waals surface area contributed by atoms with E-state index in [4.69, 9.17) is 15.5 Å². The van der Waals surface area contributed by atoms with Crippen LogP contribution in [-0.2, 0) is 17.8 Å². The van der Waals surface area contributed by atoms with Crippen LogP contribution in [0.5, 0.6) is 0 Å². The summed E-state index contributed by atoms with van der Waals surface area (Å²) in [6.45, 7) is 4.65. The maximum Gasteiger partial charge on any atom is 0.248 e. The maximum absolute atomic E-state index is 11.3. The van der Waals surface area contributed by atoms with Crippen LogP contribution in [0.3, 0.4) is 0 Å². The lowest BCUT2D eigenvalue weighted by Crippen LogP contribution is -2.38. The van der Waals surface area contributed by atoms with E-state index in [0.717, 1.165) is 56.1 Å². The van der Waals surface area contributed by atoms with Crippen molar-refractivity contribution < 1.29 is 9.53 Å². The fraction of sp³-hybridized carbons (Fsp3) is 0.500. The first-order chi connectivity index (χ1) is 10.7. The van der Waals surface area contributed by atoms with Gasteiger partial charge in [-0.1, -0.05) is 0 Å². The molecular weight excluding hydrogens is 280 g/mol. The Hall–Kier alpha value is -1.92. The van der Waals surface area contributed by atoms with Gasteiger partial charge in [-0.25, -0.2) is 4.98 Å². The summed E-state index contributed by atoms with van der Waals surface area (Å²) in [5.41, 5.74) is 7.79. The van der Waals surface area contributed by atoms with E-state index >= 15 is 0 Å². The predicted molar refractivity (Wildman–Crippen MR) is 82.5 cm³/mol. The molecule has 4 rings (SSSR count). The second kappa shape index (κ2) is 5.37. The van der Waals surface area contributed by atoms with Gasteiger partial charge in [-0.2, -0.15) is 0 Å². The van der Waals surface area contributed by atoms with Crippen molar-refractivity contribution in [2.24, 2.45) is 5.73 Å². The molecule has 1 fully saturated rings. The summed E-state index contributed by atoms with van der Waals surface area (Å²) in [4.78, 5) is 18.4. The summed E-state index contributed by atoms with van der Waals surface area (Å²) in [5, 5.41) is 0. The number of nitrogens with two attached hydrogens (primary N) is 1. The second-order valence-corrected chi connectivity index (χ2v) is 6.12. The Bertz CT molecular complexity index is 718. The fourth-order valence-electron chi connectivity index (χ4n) is 3.46. The highest BCUT2D eigenvalue weighted by Gasteiger charge is 2.24. The zero-order chi connectivity index (χ0) is 15.1. The van der Waals surface area contributed by atoms with Gasteiger partial charge in [0.1, 0.15) is 5.82 Å². The molecule has 0 unspecified atom stereocenters. The van der Waals surface area contributed by atoms with E-state index in [1.54, 1.807) is 12.1 Å². The number of carbonyl (C=O) groups excluding carboxylic acids is 1. The molecule has 0 bridgehead atoms. The second-order valence-electron chi connectivity index (χ2n) is 6.12. The van der Waals surface area contributed by atoms with Crippen molar-refractivity contribution in [2.75, 3.05) is 19.7 Å². The molecule has 2 N–H and O–H groups in total. The largest absolute Gasteiger partial charge is 0.377 e. The number of imidazole rings is 1. The van der Waals surface area contributed by atoms with Gasteiger partial charge in [-0.15, -0.1) is 0 Å². The summed E-state index contributed by atoms with van der Waals surface area (Å²) in [6.07, 6.45) is 2.71. The monoisotopic (exact) mass is 300 g/mol. The van der Waals surface area contributed by atoms with Gasteiger partial charge in [-0.05, 0) is 31.0 Å². The molecule has 2 aliphatic heterocycles. The minimum atomic E-state index is -0.409. The van der Waals surface area contributed by atoms with E-state index in [2.05, 4.69) is 9.47 Å². The lowest BCUT2D eigenvalue weighted by atomic mass is 10.2. The van der Waals surface area contributed by atoms with Crippen LogP contribution < -0.4 is 5.73 Å². The Balaban J connectivity index is 1.58. The summed E-state index contributed by atoms with van der Waals surface area (Å²) in [6, 6.07) is 5.51. The highest BCUT2D eigenvalue weighted by atomic mass is 16.5. The van der Waals surface area contributed by atoms with Gasteiger partial charge < -0.3 is 15.0 Å². The van der Waals surface area contributed by atoms with Gasteiger partial charge in [0.2, 0.25) is 5.91 Å². The van der Waals surface area contributed by atoms with Gasteiger partial charge in [-0.3, -0.25) is 9.69 Å². The lowest BCUT2D eigenvalue weighted by Gasteiger charge is -2.29. The number of rotatable bonds is 3. The van der Waals surface area contributed by atoms with Crippen molar-refractivity contribution in [3.63, 3.8) is 0 Å². The normalized spacial score (nSPS) is 22.1. The van der Waals surface area contributed by atoms with E-state index < -0.39 is 5.91 Å². The molecule has 0 aliphatic carbocycles. The number of hydrogen-bond acceptors (Lipinski definition) is 4. The van der Waals surface area contributed by atoms with Gasteiger partial charge in [0, 0.05) is 31.8 Å². The molecule has 2 aliphatic rings. The van der Waals surface area contributed by atoms with E-state index in [1.165, 1.54) is 6.42 Å². The standard InChI is InChI=1S/C16H20N4O2/c17-16(21)11-3-4-14-13(8-11)18-15-10-19(5-6-20(14)15)9-12-2-1-7-22-12/h3-4,8,12H,1-2,5-7,9-10H2,(H2,17,21)/t12-/m1/s1. The number of benzene rings is 1. The molecule has 1 amide bonds. The molecule has 2 aromatic rings. The molecule has 1 aromatic carbocycles. The van der Waals surface area contributed by atoms with E-state index in [-0.39, 0.29) is 0 Å². The minimum Gasteiger partial charge on any atom is -0.377 e. The Labute approximate surface area is 128 Å². The summed E-state index contributed by atoms with van der Waals surface area (Å²) >= 11 is 0. The smallest absolute Gasteiger partial charge is 0.248 e. The SMILES string of the molecule is NC(=O)c1ccc2c(c1)nc1n2CCN(C[C@H]2CCCO2)C1. The highest BCUT2D eigenvalue weighted by Crippen LogP contribution is 2.23. The van der Waals surface area contributed by atoms with E-state index in [1.807, 2.05) is 6.07 Å². The van der Waals surface area contributed by atoms with Crippen LogP contribution in [0, 0.1) is 0 Å². The van der Waals surface area contributed by atoms with Crippen LogP contribution in [0.15, 0.2) is 18.2 Å². The first kappa shape index (κ1) is 13.7. The van der Waals surface area contributed by atoms with Crippen molar-refractivity contribution >= 4 is 16.9 Å². The molecule has 0 radical (unpaired) electrons.